The number of rotatable bonds is 12. The molecule has 6 nitrogen and oxygen atoms in total. The van der Waals surface area contributed by atoms with E-state index in [0.717, 1.165) is 25.0 Å². The molecular weight excluding hydrogens is 378 g/mol. The highest BCUT2D eigenvalue weighted by atomic mass is 19.3. The Morgan fingerprint density at radius 2 is 2.03 bits per heavy atom. The Bertz CT molecular complexity index is 679. The van der Waals surface area contributed by atoms with Crippen LogP contribution >= 0.6 is 0 Å². The number of aliphatic imine (C=N–C) groups is 1. The summed E-state index contributed by atoms with van der Waals surface area (Å²) in [5.74, 6) is 1.91. The third-order valence-electron chi connectivity index (χ3n) is 5.18. The van der Waals surface area contributed by atoms with Crippen molar-refractivity contribution in [2.45, 2.75) is 51.8 Å². The van der Waals surface area contributed by atoms with Crippen molar-refractivity contribution in [3.63, 3.8) is 0 Å². The molecule has 2 N–H and O–H groups in total. The van der Waals surface area contributed by atoms with Crippen molar-refractivity contribution in [3.8, 4) is 11.5 Å². The highest BCUT2D eigenvalue weighted by molar-refractivity contribution is 5.79. The first-order valence-electron chi connectivity index (χ1n) is 10.5. The molecule has 3 rings (SSSR count). The minimum atomic E-state index is -2.91. The zero-order chi connectivity index (χ0) is 20.6. The molecular formula is C21H32F2N4O2. The van der Waals surface area contributed by atoms with E-state index in [1.807, 2.05) is 0 Å². The van der Waals surface area contributed by atoms with E-state index in [1.165, 1.54) is 32.2 Å². The maximum Gasteiger partial charge on any atom is 0.387 e. The summed E-state index contributed by atoms with van der Waals surface area (Å²) in [4.78, 5) is 6.82. The van der Waals surface area contributed by atoms with E-state index in [4.69, 9.17) is 9.47 Å². The smallest absolute Gasteiger partial charge is 0.387 e. The SMILES string of the molecule is CCOc1cccc(CNC(=NC)NCCN(CC2CC2)C2CC2)c1OC(F)F. The van der Waals surface area contributed by atoms with Gasteiger partial charge in [-0.25, -0.2) is 0 Å². The molecule has 0 spiro atoms. The summed E-state index contributed by atoms with van der Waals surface area (Å²) in [6, 6.07) is 5.89. The number of hydrogen-bond acceptors (Lipinski definition) is 4. The van der Waals surface area contributed by atoms with Gasteiger partial charge in [0.15, 0.2) is 17.5 Å². The fourth-order valence-corrected chi connectivity index (χ4v) is 3.40. The molecule has 162 valence electrons. The van der Waals surface area contributed by atoms with Gasteiger partial charge in [0.1, 0.15) is 0 Å². The van der Waals surface area contributed by atoms with Gasteiger partial charge in [-0.3, -0.25) is 9.89 Å². The van der Waals surface area contributed by atoms with Gasteiger partial charge in [0, 0.05) is 44.8 Å². The van der Waals surface area contributed by atoms with E-state index in [1.54, 1.807) is 32.2 Å². The van der Waals surface area contributed by atoms with Crippen LogP contribution in [0.5, 0.6) is 11.5 Å². The number of nitrogens with one attached hydrogen (secondary N) is 2. The van der Waals surface area contributed by atoms with E-state index in [0.29, 0.717) is 30.4 Å². The lowest BCUT2D eigenvalue weighted by molar-refractivity contribution is -0.0520. The number of nitrogens with zero attached hydrogens (tertiary/aromatic N) is 2. The number of para-hydroxylation sites is 1. The predicted molar refractivity (Wildman–Crippen MR) is 110 cm³/mol. The molecule has 0 atom stereocenters. The molecule has 0 aliphatic heterocycles. The van der Waals surface area contributed by atoms with Gasteiger partial charge in [0.2, 0.25) is 0 Å². The molecule has 2 saturated carbocycles. The molecule has 2 aliphatic carbocycles. The van der Waals surface area contributed by atoms with Crippen LogP contribution in [0, 0.1) is 5.92 Å². The van der Waals surface area contributed by atoms with E-state index < -0.39 is 6.61 Å². The van der Waals surface area contributed by atoms with Gasteiger partial charge in [-0.2, -0.15) is 8.78 Å². The average Bonchev–Trinajstić information content (AvgIpc) is 3.59. The first kappa shape index (κ1) is 21.6. The number of hydrogen-bond donors (Lipinski definition) is 2. The third-order valence-corrected chi connectivity index (χ3v) is 5.18. The average molecular weight is 411 g/mol. The summed E-state index contributed by atoms with van der Waals surface area (Å²) in [6.45, 7) is 2.56. The summed E-state index contributed by atoms with van der Waals surface area (Å²) in [6.07, 6.45) is 5.35. The molecule has 29 heavy (non-hydrogen) atoms. The molecule has 8 heteroatoms. The molecule has 2 aliphatic rings. The van der Waals surface area contributed by atoms with Crippen LogP contribution in [0.15, 0.2) is 23.2 Å². The summed E-state index contributed by atoms with van der Waals surface area (Å²) < 4.78 is 35.9. The van der Waals surface area contributed by atoms with Crippen LogP contribution in [-0.2, 0) is 6.54 Å². The Morgan fingerprint density at radius 3 is 2.66 bits per heavy atom. The van der Waals surface area contributed by atoms with Crippen LogP contribution in [0.25, 0.3) is 0 Å². The summed E-state index contributed by atoms with van der Waals surface area (Å²) in [7, 11) is 1.70. The zero-order valence-electron chi connectivity index (χ0n) is 17.3. The zero-order valence-corrected chi connectivity index (χ0v) is 17.3. The van der Waals surface area contributed by atoms with Gasteiger partial charge in [-0.05, 0) is 44.6 Å². The minimum Gasteiger partial charge on any atom is -0.490 e. The third kappa shape index (κ3) is 7.03. The molecule has 0 saturated heterocycles. The summed E-state index contributed by atoms with van der Waals surface area (Å²) in [5, 5.41) is 6.50. The number of guanidine groups is 1. The highest BCUT2D eigenvalue weighted by Gasteiger charge is 2.33. The molecule has 0 radical (unpaired) electrons. The number of halogens is 2. The van der Waals surface area contributed by atoms with Gasteiger partial charge in [0.05, 0.1) is 6.61 Å². The van der Waals surface area contributed by atoms with Crippen molar-refractivity contribution in [1.29, 1.82) is 0 Å². The number of benzene rings is 1. The normalized spacial score (nSPS) is 17.0. The standard InChI is InChI=1S/C21H32F2N4O2/c1-3-28-18-6-4-5-16(19(18)29-20(22)23)13-26-21(24-2)25-11-12-27(17-9-10-17)14-15-7-8-15/h4-6,15,17,20H,3,7-14H2,1-2H3,(H2,24,25,26). The van der Waals surface area contributed by atoms with Gasteiger partial charge < -0.3 is 20.1 Å². The quantitative estimate of drug-likeness (QED) is 0.409. The second-order valence-electron chi connectivity index (χ2n) is 7.58. The lowest BCUT2D eigenvalue weighted by Gasteiger charge is -2.22. The van der Waals surface area contributed by atoms with Crippen molar-refractivity contribution >= 4 is 5.96 Å². The van der Waals surface area contributed by atoms with Crippen LogP contribution in [0.1, 0.15) is 38.2 Å². The van der Waals surface area contributed by atoms with E-state index in [9.17, 15) is 8.78 Å². The van der Waals surface area contributed by atoms with Gasteiger partial charge in [-0.15, -0.1) is 0 Å². The van der Waals surface area contributed by atoms with Gasteiger partial charge >= 0.3 is 6.61 Å². The van der Waals surface area contributed by atoms with Crippen molar-refractivity contribution in [1.82, 2.24) is 15.5 Å². The maximum atomic E-state index is 12.9. The lowest BCUT2D eigenvalue weighted by Crippen LogP contribution is -2.42. The van der Waals surface area contributed by atoms with Crippen LogP contribution in [0.4, 0.5) is 8.78 Å². The monoisotopic (exact) mass is 410 g/mol. The minimum absolute atomic E-state index is 0.0663. The fraction of sp³-hybridized carbons (Fsp3) is 0.667. The first-order chi connectivity index (χ1) is 14.1. The summed E-state index contributed by atoms with van der Waals surface area (Å²) >= 11 is 0. The lowest BCUT2D eigenvalue weighted by atomic mass is 10.2. The molecule has 0 bridgehead atoms. The molecule has 0 heterocycles. The van der Waals surface area contributed by atoms with Crippen LogP contribution in [-0.4, -0.2) is 56.8 Å². The Balaban J connectivity index is 1.51. The largest absolute Gasteiger partial charge is 0.490 e. The highest BCUT2D eigenvalue weighted by Crippen LogP contribution is 2.34. The van der Waals surface area contributed by atoms with Gasteiger partial charge in [0.25, 0.3) is 0 Å². The predicted octanol–water partition coefficient (Wildman–Crippen LogP) is 3.23. The van der Waals surface area contributed by atoms with E-state index in [-0.39, 0.29) is 5.75 Å². The molecule has 1 aromatic carbocycles. The van der Waals surface area contributed by atoms with Crippen LogP contribution in [0.3, 0.4) is 0 Å². The van der Waals surface area contributed by atoms with Crippen molar-refractivity contribution in [3.05, 3.63) is 23.8 Å². The number of alkyl halides is 2. The Kier molecular flexibility index (Phi) is 7.91. The Labute approximate surface area is 171 Å². The van der Waals surface area contributed by atoms with Crippen molar-refractivity contribution < 1.29 is 18.3 Å². The van der Waals surface area contributed by atoms with Crippen molar-refractivity contribution in [2.75, 3.05) is 33.3 Å². The Morgan fingerprint density at radius 1 is 1.24 bits per heavy atom. The molecule has 0 amide bonds. The molecule has 2 fully saturated rings. The summed E-state index contributed by atoms with van der Waals surface area (Å²) in [5.41, 5.74) is 0.590. The fourth-order valence-electron chi connectivity index (χ4n) is 3.40. The van der Waals surface area contributed by atoms with Crippen LogP contribution in [0.2, 0.25) is 0 Å². The van der Waals surface area contributed by atoms with Crippen LogP contribution < -0.4 is 20.1 Å². The van der Waals surface area contributed by atoms with E-state index in [2.05, 4.69) is 20.5 Å². The molecule has 1 aromatic rings. The Hall–Kier alpha value is -2.09. The second kappa shape index (κ2) is 10.6. The van der Waals surface area contributed by atoms with Crippen molar-refractivity contribution in [2.24, 2.45) is 10.9 Å². The molecule has 0 unspecified atom stereocenters. The maximum absolute atomic E-state index is 12.9. The topological polar surface area (TPSA) is 58.1 Å². The first-order valence-corrected chi connectivity index (χ1v) is 10.5. The molecule has 0 aromatic heterocycles. The second-order valence-corrected chi connectivity index (χ2v) is 7.58. The number of ether oxygens (including phenoxy) is 2. The van der Waals surface area contributed by atoms with E-state index >= 15 is 0 Å². The van der Waals surface area contributed by atoms with Gasteiger partial charge in [-0.1, -0.05) is 12.1 Å².